The van der Waals surface area contributed by atoms with Gasteiger partial charge >= 0.3 is 6.01 Å². The fourth-order valence-electron chi connectivity index (χ4n) is 6.74. The fourth-order valence-corrected chi connectivity index (χ4v) is 6.74. The van der Waals surface area contributed by atoms with Crippen LogP contribution in [0.3, 0.4) is 0 Å². The highest BCUT2D eigenvalue weighted by molar-refractivity contribution is 5.99. The van der Waals surface area contributed by atoms with Gasteiger partial charge in [-0.25, -0.2) is 4.39 Å². The van der Waals surface area contributed by atoms with Crippen molar-refractivity contribution in [3.63, 3.8) is 0 Å². The number of phenolic OH excluding ortho intramolecular Hbond substituents is 1. The molecular weight excluding hydrogens is 495 g/mol. The first-order chi connectivity index (χ1) is 18.9. The van der Waals surface area contributed by atoms with E-state index in [1.165, 1.54) is 0 Å². The summed E-state index contributed by atoms with van der Waals surface area (Å²) in [4.78, 5) is 18.6. The minimum atomic E-state index is -0.541. The number of phenols is 1. The molecule has 9 heteroatoms. The van der Waals surface area contributed by atoms with E-state index in [0.717, 1.165) is 56.1 Å². The minimum Gasteiger partial charge on any atom is -0.508 e. The van der Waals surface area contributed by atoms with Gasteiger partial charge in [0, 0.05) is 43.0 Å². The number of piperazine rings is 1. The average molecular weight is 529 g/mol. The maximum atomic E-state index is 16.5. The molecule has 0 spiro atoms. The van der Waals surface area contributed by atoms with Gasteiger partial charge in [0.15, 0.2) is 5.82 Å². The second kappa shape index (κ2) is 9.57. The Morgan fingerprint density at radius 1 is 1.08 bits per heavy atom. The molecule has 3 fully saturated rings. The Balaban J connectivity index is 1.37. The minimum absolute atomic E-state index is 0.0585. The van der Waals surface area contributed by atoms with Gasteiger partial charge in [-0.3, -0.25) is 9.88 Å². The number of hydrogen-bond acceptors (Lipinski definition) is 8. The number of hydrogen-bond donors (Lipinski definition) is 2. The number of halogens is 1. The summed E-state index contributed by atoms with van der Waals surface area (Å²) in [5.74, 6) is 0.183. The molecule has 3 saturated heterocycles. The van der Waals surface area contributed by atoms with E-state index >= 15 is 4.39 Å². The molecular formula is C30H33FN6O2. The summed E-state index contributed by atoms with van der Waals surface area (Å²) in [6, 6.07) is 12.0. The van der Waals surface area contributed by atoms with Gasteiger partial charge < -0.3 is 20.1 Å². The van der Waals surface area contributed by atoms with Gasteiger partial charge in [0.1, 0.15) is 28.9 Å². The van der Waals surface area contributed by atoms with Crippen molar-refractivity contribution in [3.05, 3.63) is 48.4 Å². The number of likely N-dealkylation sites (N-methyl/N-ethyl adjacent to an activating group) is 1. The average Bonchev–Trinajstić information content (AvgIpc) is 3.52. The highest BCUT2D eigenvalue weighted by atomic mass is 19.1. The van der Waals surface area contributed by atoms with Gasteiger partial charge in [0.25, 0.3) is 0 Å². The highest BCUT2D eigenvalue weighted by Crippen LogP contribution is 2.38. The lowest BCUT2D eigenvalue weighted by molar-refractivity contribution is 0.112. The van der Waals surface area contributed by atoms with E-state index in [-0.39, 0.29) is 35.1 Å². The molecule has 39 heavy (non-hydrogen) atoms. The quantitative estimate of drug-likeness (QED) is 0.392. The lowest BCUT2D eigenvalue weighted by Gasteiger charge is -2.34. The Morgan fingerprint density at radius 2 is 1.87 bits per heavy atom. The van der Waals surface area contributed by atoms with Crippen LogP contribution in [0.4, 0.5) is 10.2 Å². The van der Waals surface area contributed by atoms with Crippen LogP contribution < -0.4 is 15.0 Å². The van der Waals surface area contributed by atoms with Crippen LogP contribution in [0.1, 0.15) is 32.6 Å². The van der Waals surface area contributed by atoms with E-state index in [0.29, 0.717) is 28.9 Å². The van der Waals surface area contributed by atoms with Crippen LogP contribution in [0.15, 0.2) is 42.6 Å². The summed E-state index contributed by atoms with van der Waals surface area (Å²) in [7, 11) is 2.11. The molecule has 2 bridgehead atoms. The summed E-state index contributed by atoms with van der Waals surface area (Å²) >= 11 is 0. The SMILES string of the molecule is CC(Oc1nc(N2CC3CCC(C2)N3)c2cnc(-c3cc(O)cc4ccccc34)c(F)c2n1)C1CCCN1C. The Labute approximate surface area is 226 Å². The van der Waals surface area contributed by atoms with Crippen LogP contribution in [0.25, 0.3) is 32.9 Å². The second-order valence-electron chi connectivity index (χ2n) is 11.3. The second-order valence-corrected chi connectivity index (χ2v) is 11.3. The van der Waals surface area contributed by atoms with Crippen molar-refractivity contribution >= 4 is 27.5 Å². The Hall–Kier alpha value is -3.56. The number of nitrogens with zero attached hydrogens (tertiary/aromatic N) is 5. The van der Waals surface area contributed by atoms with Crippen molar-refractivity contribution in [2.24, 2.45) is 0 Å². The molecule has 7 rings (SSSR count). The van der Waals surface area contributed by atoms with E-state index in [1.807, 2.05) is 31.2 Å². The maximum Gasteiger partial charge on any atom is 0.319 e. The van der Waals surface area contributed by atoms with E-state index in [9.17, 15) is 5.11 Å². The topological polar surface area (TPSA) is 86.6 Å². The molecule has 0 saturated carbocycles. The molecule has 3 aliphatic heterocycles. The number of benzene rings is 2. The Morgan fingerprint density at radius 3 is 2.64 bits per heavy atom. The zero-order valence-electron chi connectivity index (χ0n) is 22.3. The van der Waals surface area contributed by atoms with Crippen LogP contribution in [-0.2, 0) is 0 Å². The summed E-state index contributed by atoms with van der Waals surface area (Å²) < 4.78 is 22.8. The molecule has 202 valence electrons. The molecule has 0 amide bonds. The number of likely N-dealkylation sites (tertiary alicyclic amines) is 1. The van der Waals surface area contributed by atoms with Crippen LogP contribution in [0.5, 0.6) is 11.8 Å². The highest BCUT2D eigenvalue weighted by Gasteiger charge is 2.35. The number of ether oxygens (including phenoxy) is 1. The molecule has 0 aliphatic carbocycles. The van der Waals surface area contributed by atoms with Crippen molar-refractivity contribution in [2.45, 2.75) is 56.8 Å². The summed E-state index contributed by atoms with van der Waals surface area (Å²) in [6.07, 6.45) is 5.96. The summed E-state index contributed by atoms with van der Waals surface area (Å²) in [5.41, 5.74) is 0.855. The molecule has 3 aliphatic rings. The van der Waals surface area contributed by atoms with Gasteiger partial charge in [0.2, 0.25) is 0 Å². The van der Waals surface area contributed by atoms with Gasteiger partial charge in [-0.15, -0.1) is 0 Å². The van der Waals surface area contributed by atoms with E-state index < -0.39 is 5.82 Å². The number of anilines is 1. The largest absolute Gasteiger partial charge is 0.508 e. The zero-order valence-corrected chi connectivity index (χ0v) is 22.3. The van der Waals surface area contributed by atoms with Crippen molar-refractivity contribution < 1.29 is 14.2 Å². The zero-order chi connectivity index (χ0) is 26.7. The number of nitrogens with one attached hydrogen (secondary N) is 1. The molecule has 8 nitrogen and oxygen atoms in total. The summed E-state index contributed by atoms with van der Waals surface area (Å²) in [6.45, 7) is 4.67. The van der Waals surface area contributed by atoms with Crippen LogP contribution in [-0.4, -0.2) is 75.9 Å². The van der Waals surface area contributed by atoms with Gasteiger partial charge in [-0.05, 0) is 69.1 Å². The molecule has 4 unspecified atom stereocenters. The molecule has 4 atom stereocenters. The number of aromatic nitrogens is 3. The van der Waals surface area contributed by atoms with Crippen molar-refractivity contribution in [3.8, 4) is 23.0 Å². The number of fused-ring (bicyclic) bond motifs is 4. The molecule has 4 aromatic rings. The summed E-state index contributed by atoms with van der Waals surface area (Å²) in [5, 5.41) is 16.2. The van der Waals surface area contributed by atoms with Gasteiger partial charge in [-0.1, -0.05) is 24.3 Å². The lowest BCUT2D eigenvalue weighted by Crippen LogP contribution is -2.51. The van der Waals surface area contributed by atoms with E-state index in [1.54, 1.807) is 18.3 Å². The van der Waals surface area contributed by atoms with Gasteiger partial charge in [0.05, 0.1) is 5.39 Å². The first-order valence-electron chi connectivity index (χ1n) is 13.9. The van der Waals surface area contributed by atoms with Crippen molar-refractivity contribution in [1.29, 1.82) is 0 Å². The predicted octanol–water partition coefficient (Wildman–Crippen LogP) is 4.49. The van der Waals surface area contributed by atoms with Gasteiger partial charge in [-0.2, -0.15) is 9.97 Å². The third-order valence-corrected chi connectivity index (χ3v) is 8.67. The smallest absolute Gasteiger partial charge is 0.319 e. The maximum absolute atomic E-state index is 16.5. The van der Waals surface area contributed by atoms with Crippen molar-refractivity contribution in [2.75, 3.05) is 31.6 Å². The lowest BCUT2D eigenvalue weighted by atomic mass is 10.00. The number of aromatic hydroxyl groups is 1. The Kier molecular flexibility index (Phi) is 6.01. The first-order valence-corrected chi connectivity index (χ1v) is 13.9. The Bertz CT molecular complexity index is 1550. The number of rotatable bonds is 5. The first kappa shape index (κ1) is 24.5. The van der Waals surface area contributed by atoms with Crippen LogP contribution >= 0.6 is 0 Å². The molecule has 2 aromatic carbocycles. The van der Waals surface area contributed by atoms with Crippen LogP contribution in [0.2, 0.25) is 0 Å². The third-order valence-electron chi connectivity index (χ3n) is 8.67. The van der Waals surface area contributed by atoms with E-state index in [2.05, 4.69) is 32.1 Å². The molecule has 2 aromatic heterocycles. The molecule has 5 heterocycles. The molecule has 2 N–H and O–H groups in total. The van der Waals surface area contributed by atoms with Crippen molar-refractivity contribution in [1.82, 2.24) is 25.2 Å². The third kappa shape index (κ3) is 4.33. The standard InChI is InChI=1S/C30H33FN6O2/c1-17(25-8-5-11-36(25)2)39-30-34-28-24(29(35-30)37-15-19-9-10-20(16-37)33-19)14-32-27(26(28)31)23-13-21(38)12-18-6-3-4-7-22(18)23/h3-4,6-7,12-14,17,19-20,25,33,38H,5,8-11,15-16H2,1-2H3. The van der Waals surface area contributed by atoms with E-state index in [4.69, 9.17) is 9.72 Å². The fraction of sp³-hybridized carbons (Fsp3) is 0.433. The monoisotopic (exact) mass is 528 g/mol. The molecule has 0 radical (unpaired) electrons. The predicted molar refractivity (Wildman–Crippen MR) is 150 cm³/mol. The van der Waals surface area contributed by atoms with Crippen LogP contribution in [0, 0.1) is 5.82 Å². The normalized spacial score (nSPS) is 24.1. The number of pyridine rings is 1.